The minimum Gasteiger partial charge on any atom is -0.480 e. The molecule has 1 saturated heterocycles. The summed E-state index contributed by atoms with van der Waals surface area (Å²) in [5.74, 6) is -4.12. The standard InChI is InChI=1S/C35H66N14O8/c36-14-13-24(32(55)49-26-12-2-1-8-20(26)18-27(49)31(54)48-25(33(56)57)11-7-17-45-35(41)42)47-28(51)21(37)9-3-5-15-43-30(53)23(46-29(52)22(38)19-50)10-4-6-16-44-34(39)40/h20-27,50H,1-19,36-38H2,(H,43,53)(H,46,52)(H,47,51)(H,48,54)(H,56,57)(H4,39,40,44)(H4,41,42,45)/t20?,21-,22-,23-,24-,25-,26?,27-/m0/s1. The molecule has 5 amide bonds. The second-order valence-electron chi connectivity index (χ2n) is 14.6. The van der Waals surface area contributed by atoms with Gasteiger partial charge in [0.15, 0.2) is 11.9 Å². The second-order valence-corrected chi connectivity index (χ2v) is 14.6. The van der Waals surface area contributed by atoms with Crippen molar-refractivity contribution in [1.82, 2.24) is 26.2 Å². The van der Waals surface area contributed by atoms with E-state index in [-0.39, 0.29) is 69.2 Å². The number of aliphatic hydroxyl groups is 1. The van der Waals surface area contributed by atoms with Gasteiger partial charge in [-0.2, -0.15) is 0 Å². The van der Waals surface area contributed by atoms with Crippen LogP contribution in [-0.4, -0.2) is 138 Å². The highest BCUT2D eigenvalue weighted by Gasteiger charge is 2.49. The van der Waals surface area contributed by atoms with Gasteiger partial charge in [0.2, 0.25) is 29.5 Å². The van der Waals surface area contributed by atoms with Crippen molar-refractivity contribution in [3.8, 4) is 0 Å². The predicted octanol–water partition coefficient (Wildman–Crippen LogP) is -4.54. The van der Waals surface area contributed by atoms with E-state index < -0.39 is 78.4 Å². The van der Waals surface area contributed by atoms with E-state index in [4.69, 9.17) is 40.1 Å². The highest BCUT2D eigenvalue weighted by Crippen LogP contribution is 2.40. The number of nitrogens with one attached hydrogen (secondary N) is 4. The molecule has 1 aliphatic heterocycles. The van der Waals surface area contributed by atoms with E-state index in [0.717, 1.165) is 19.3 Å². The van der Waals surface area contributed by atoms with E-state index in [1.54, 1.807) is 0 Å². The Hall–Kier alpha value is -4.80. The second kappa shape index (κ2) is 25.5. The van der Waals surface area contributed by atoms with Gasteiger partial charge in [-0.3, -0.25) is 34.0 Å². The molecule has 0 bridgehead atoms. The predicted molar refractivity (Wildman–Crippen MR) is 212 cm³/mol. The van der Waals surface area contributed by atoms with Crippen molar-refractivity contribution in [2.24, 2.45) is 56.0 Å². The number of likely N-dealkylation sites (tertiary alicyclic amines) is 1. The number of nitrogens with two attached hydrogens (primary N) is 7. The van der Waals surface area contributed by atoms with Gasteiger partial charge in [-0.05, 0) is 89.5 Å². The maximum absolute atomic E-state index is 14.2. The topological polar surface area (TPSA) is 401 Å². The van der Waals surface area contributed by atoms with Crippen molar-refractivity contribution in [3.05, 3.63) is 0 Å². The van der Waals surface area contributed by atoms with Crippen LogP contribution in [0.4, 0.5) is 0 Å². The van der Waals surface area contributed by atoms with Crippen LogP contribution in [-0.2, 0) is 28.8 Å². The number of carboxylic acids is 1. The number of amides is 5. The highest BCUT2D eigenvalue weighted by atomic mass is 16.4. The van der Waals surface area contributed by atoms with Gasteiger partial charge in [0.1, 0.15) is 30.2 Å². The highest BCUT2D eigenvalue weighted by molar-refractivity contribution is 5.95. The van der Waals surface area contributed by atoms with Crippen molar-refractivity contribution in [1.29, 1.82) is 0 Å². The van der Waals surface area contributed by atoms with Crippen LogP contribution in [0.2, 0.25) is 0 Å². The molecule has 2 aliphatic rings. The summed E-state index contributed by atoms with van der Waals surface area (Å²) in [5, 5.41) is 29.7. The lowest BCUT2D eigenvalue weighted by molar-refractivity contribution is -0.146. The Kier molecular flexibility index (Phi) is 21.6. The summed E-state index contributed by atoms with van der Waals surface area (Å²) >= 11 is 0. The number of aliphatic carboxylic acids is 1. The summed E-state index contributed by atoms with van der Waals surface area (Å²) in [6.45, 7) is 0.231. The Morgan fingerprint density at radius 3 is 1.93 bits per heavy atom. The zero-order valence-electron chi connectivity index (χ0n) is 32.8. The van der Waals surface area contributed by atoms with Crippen LogP contribution in [0, 0.1) is 5.92 Å². The molecule has 0 aromatic rings. The van der Waals surface area contributed by atoms with Gasteiger partial charge in [0, 0.05) is 25.7 Å². The number of carboxylic acid groups (broad SMARTS) is 1. The number of rotatable bonds is 26. The van der Waals surface area contributed by atoms with Crippen molar-refractivity contribution < 1.29 is 39.0 Å². The first kappa shape index (κ1) is 48.3. The molecule has 57 heavy (non-hydrogen) atoms. The molecule has 2 unspecified atom stereocenters. The Labute approximate surface area is 333 Å². The molecule has 1 saturated carbocycles. The van der Waals surface area contributed by atoms with E-state index in [1.165, 1.54) is 4.90 Å². The van der Waals surface area contributed by atoms with Gasteiger partial charge in [-0.15, -0.1) is 0 Å². The molecule has 1 aliphatic carbocycles. The third-order valence-electron chi connectivity index (χ3n) is 10.2. The molecule has 0 spiro atoms. The smallest absolute Gasteiger partial charge is 0.326 e. The van der Waals surface area contributed by atoms with Crippen LogP contribution in [0.1, 0.15) is 89.9 Å². The fourth-order valence-corrected chi connectivity index (χ4v) is 7.18. The Morgan fingerprint density at radius 2 is 1.30 bits per heavy atom. The molecule has 20 N–H and O–H groups in total. The SMILES string of the molecule is NCC[C@H](NC(=O)[C@@H](N)CCCCNC(=O)[C@H](CCCCN=C(N)N)NC(=O)[C@@H](N)CO)C(=O)N1C2CCCCC2C[C@H]1C(=O)N[C@@H](CCCN=C(N)N)C(=O)O. The molecule has 8 atom stereocenters. The average Bonchev–Trinajstić information content (AvgIpc) is 3.56. The lowest BCUT2D eigenvalue weighted by Gasteiger charge is -2.36. The summed E-state index contributed by atoms with van der Waals surface area (Å²) in [6, 6.07) is -6.57. The largest absolute Gasteiger partial charge is 0.480 e. The molecule has 324 valence electrons. The Balaban J connectivity index is 2.00. The number of aliphatic imine (C=N–C) groups is 2. The van der Waals surface area contributed by atoms with Crippen molar-refractivity contribution >= 4 is 47.4 Å². The van der Waals surface area contributed by atoms with Crippen LogP contribution in [0.5, 0.6) is 0 Å². The van der Waals surface area contributed by atoms with E-state index in [0.29, 0.717) is 51.5 Å². The molecule has 22 heteroatoms. The van der Waals surface area contributed by atoms with Crippen LogP contribution in [0.15, 0.2) is 9.98 Å². The molecular formula is C35H66N14O8. The Bertz CT molecular complexity index is 1390. The number of hydrogen-bond acceptors (Lipinski definition) is 12. The number of aliphatic hydroxyl groups excluding tert-OH is 1. The maximum atomic E-state index is 14.2. The van der Waals surface area contributed by atoms with Gasteiger partial charge in [-0.25, -0.2) is 4.79 Å². The zero-order chi connectivity index (χ0) is 42.5. The fraction of sp³-hybridized carbons (Fsp3) is 0.771. The minimum atomic E-state index is -1.23. The molecule has 2 rings (SSSR count). The number of hydrogen-bond donors (Lipinski definition) is 13. The molecule has 1 heterocycles. The zero-order valence-corrected chi connectivity index (χ0v) is 32.8. The quantitative estimate of drug-likeness (QED) is 0.0222. The van der Waals surface area contributed by atoms with Crippen molar-refractivity contribution in [2.75, 3.05) is 32.8 Å². The van der Waals surface area contributed by atoms with E-state index >= 15 is 0 Å². The summed E-state index contributed by atoms with van der Waals surface area (Å²) in [4.78, 5) is 87.6. The fourth-order valence-electron chi connectivity index (χ4n) is 7.18. The van der Waals surface area contributed by atoms with Gasteiger partial charge in [0.25, 0.3) is 0 Å². The van der Waals surface area contributed by atoms with E-state index in [1.807, 2.05) is 0 Å². The number of fused-ring (bicyclic) bond motifs is 1. The number of guanidine groups is 2. The van der Waals surface area contributed by atoms with Crippen LogP contribution in [0.25, 0.3) is 0 Å². The summed E-state index contributed by atoms with van der Waals surface area (Å²) in [5.41, 5.74) is 39.1. The molecule has 0 aromatic carbocycles. The first-order chi connectivity index (χ1) is 27.1. The number of carbonyl (C=O) groups is 6. The molecule has 22 nitrogen and oxygen atoms in total. The molecule has 2 fully saturated rings. The van der Waals surface area contributed by atoms with E-state index in [2.05, 4.69) is 31.3 Å². The van der Waals surface area contributed by atoms with Gasteiger partial charge >= 0.3 is 5.97 Å². The van der Waals surface area contributed by atoms with Gasteiger partial charge in [0.05, 0.1) is 12.6 Å². The van der Waals surface area contributed by atoms with Crippen molar-refractivity contribution in [3.63, 3.8) is 0 Å². The van der Waals surface area contributed by atoms with Gasteiger partial charge in [-0.1, -0.05) is 12.8 Å². The van der Waals surface area contributed by atoms with Crippen LogP contribution >= 0.6 is 0 Å². The molecular weight excluding hydrogens is 744 g/mol. The maximum Gasteiger partial charge on any atom is 0.326 e. The number of nitrogens with zero attached hydrogens (tertiary/aromatic N) is 3. The Morgan fingerprint density at radius 1 is 0.702 bits per heavy atom. The summed E-state index contributed by atoms with van der Waals surface area (Å²) in [7, 11) is 0. The van der Waals surface area contributed by atoms with Crippen LogP contribution in [0.3, 0.4) is 0 Å². The van der Waals surface area contributed by atoms with Crippen LogP contribution < -0.4 is 61.4 Å². The average molecular weight is 811 g/mol. The first-order valence-electron chi connectivity index (χ1n) is 19.8. The summed E-state index contributed by atoms with van der Waals surface area (Å²) < 4.78 is 0. The number of carbonyl (C=O) groups excluding carboxylic acids is 5. The van der Waals surface area contributed by atoms with Crippen molar-refractivity contribution in [2.45, 2.75) is 132 Å². The lowest BCUT2D eigenvalue weighted by Crippen LogP contribution is -2.59. The molecule has 0 radical (unpaired) electrons. The lowest BCUT2D eigenvalue weighted by atomic mass is 9.84. The normalized spacial score (nSPS) is 20.1. The van der Waals surface area contributed by atoms with Gasteiger partial charge < -0.3 is 76.5 Å². The monoisotopic (exact) mass is 811 g/mol. The summed E-state index contributed by atoms with van der Waals surface area (Å²) in [6.07, 6.45) is 6.57. The van der Waals surface area contributed by atoms with E-state index in [9.17, 15) is 39.0 Å². The first-order valence-corrected chi connectivity index (χ1v) is 19.8. The number of unbranched alkanes of at least 4 members (excludes halogenated alkanes) is 2. The third-order valence-corrected chi connectivity index (χ3v) is 10.2. The molecule has 0 aromatic heterocycles. The third kappa shape index (κ3) is 16.7. The minimum absolute atomic E-state index is 0.0427.